The van der Waals surface area contributed by atoms with Gasteiger partial charge < -0.3 is 5.32 Å². The fraction of sp³-hybridized carbons (Fsp3) is 0.385. The summed E-state index contributed by atoms with van der Waals surface area (Å²) >= 11 is 0. The van der Waals surface area contributed by atoms with Crippen LogP contribution in [-0.4, -0.2) is 46.4 Å². The summed E-state index contributed by atoms with van der Waals surface area (Å²) in [6.07, 6.45) is 5.00. The maximum absolute atomic E-state index is 15.1. The molecule has 5 rings (SSSR count). The van der Waals surface area contributed by atoms with Gasteiger partial charge >= 0.3 is 0 Å². The van der Waals surface area contributed by atoms with E-state index in [0.717, 1.165) is 18.4 Å². The Hall–Kier alpha value is -3.26. The van der Waals surface area contributed by atoms with Gasteiger partial charge in [0.1, 0.15) is 11.5 Å². The maximum Gasteiger partial charge on any atom is 0.270 e. The number of aliphatic imine (C=N–C) groups is 1. The molecule has 1 amide bonds. The lowest BCUT2D eigenvalue weighted by Crippen LogP contribution is -2.29. The van der Waals surface area contributed by atoms with Crippen molar-refractivity contribution in [2.45, 2.75) is 51.6 Å². The van der Waals surface area contributed by atoms with E-state index in [-0.39, 0.29) is 35.7 Å². The predicted molar refractivity (Wildman–Crippen MR) is 125 cm³/mol. The Bertz CT molecular complexity index is 1230. The van der Waals surface area contributed by atoms with E-state index in [1.165, 1.54) is 0 Å². The highest BCUT2D eigenvalue weighted by molar-refractivity contribution is 6.41. The van der Waals surface area contributed by atoms with Crippen LogP contribution >= 0.6 is 0 Å². The molecule has 1 fully saturated rings. The molecule has 34 heavy (non-hydrogen) atoms. The van der Waals surface area contributed by atoms with Crippen LogP contribution in [0.3, 0.4) is 0 Å². The van der Waals surface area contributed by atoms with Crippen molar-refractivity contribution in [2.75, 3.05) is 13.1 Å². The first-order valence-electron chi connectivity index (χ1n) is 11.7. The molecule has 3 aliphatic rings. The molecule has 176 valence electrons. The van der Waals surface area contributed by atoms with Crippen LogP contribution in [0.15, 0.2) is 35.3 Å². The van der Waals surface area contributed by atoms with Gasteiger partial charge in [0.2, 0.25) is 5.95 Å². The smallest absolute Gasteiger partial charge is 0.270 e. The Morgan fingerprint density at radius 2 is 2.03 bits per heavy atom. The fourth-order valence-electron chi connectivity index (χ4n) is 4.43. The molecular formula is C26H26F2N4O2. The number of carbonyl (C=O) groups excluding carboxylic acids is 2. The third kappa shape index (κ3) is 4.55. The van der Waals surface area contributed by atoms with Crippen LogP contribution in [0.5, 0.6) is 0 Å². The minimum atomic E-state index is -0.652. The standard InChI is InChI=1S/C26H26F2N4O2/c1-2-20-23(33)13-19-21(30-20)7-3-16(24(19)27)14-32-11-9-15(10-12-32)18-6-8-22(31-25(18)28)26(34)29-17-4-5-17/h3,6-9,17H,2,4-5,10-14H2,1H3,(H,29,34). The molecule has 2 aliphatic heterocycles. The minimum Gasteiger partial charge on any atom is -0.348 e. The van der Waals surface area contributed by atoms with Gasteiger partial charge in [-0.25, -0.2) is 14.4 Å². The van der Waals surface area contributed by atoms with E-state index in [1.807, 2.05) is 13.0 Å². The number of aromatic nitrogens is 1. The van der Waals surface area contributed by atoms with Crippen molar-refractivity contribution in [3.63, 3.8) is 0 Å². The zero-order chi connectivity index (χ0) is 23.8. The van der Waals surface area contributed by atoms with Crippen molar-refractivity contribution >= 4 is 28.7 Å². The maximum atomic E-state index is 15.1. The number of hydrogen-bond donors (Lipinski definition) is 1. The summed E-state index contributed by atoms with van der Waals surface area (Å²) in [5, 5.41) is 2.81. The molecule has 1 saturated carbocycles. The van der Waals surface area contributed by atoms with Crippen molar-refractivity contribution in [1.29, 1.82) is 0 Å². The van der Waals surface area contributed by atoms with E-state index in [1.54, 1.807) is 24.3 Å². The van der Waals surface area contributed by atoms with Gasteiger partial charge in [-0.1, -0.05) is 19.1 Å². The summed E-state index contributed by atoms with van der Waals surface area (Å²) in [4.78, 5) is 34.5. The molecule has 0 spiro atoms. The highest BCUT2D eigenvalue weighted by atomic mass is 19.1. The monoisotopic (exact) mass is 464 g/mol. The molecular weight excluding hydrogens is 438 g/mol. The number of nitrogens with zero attached hydrogens (tertiary/aromatic N) is 3. The first-order chi connectivity index (χ1) is 16.4. The summed E-state index contributed by atoms with van der Waals surface area (Å²) in [6, 6.07) is 6.86. The van der Waals surface area contributed by atoms with Crippen LogP contribution in [0.1, 0.15) is 59.8 Å². The zero-order valence-corrected chi connectivity index (χ0v) is 19.0. The molecule has 0 bridgehead atoms. The van der Waals surface area contributed by atoms with Gasteiger partial charge in [-0.05, 0) is 49.5 Å². The number of Topliss-reactive ketones (excluding diaryl/α,β-unsaturated/α-hetero) is 1. The second-order valence-electron chi connectivity index (χ2n) is 9.05. The number of amides is 1. The van der Waals surface area contributed by atoms with Crippen molar-refractivity contribution in [1.82, 2.24) is 15.2 Å². The number of ketones is 1. The van der Waals surface area contributed by atoms with Crippen LogP contribution < -0.4 is 5.32 Å². The number of benzene rings is 1. The Morgan fingerprint density at radius 3 is 2.71 bits per heavy atom. The first-order valence-corrected chi connectivity index (χ1v) is 11.7. The van der Waals surface area contributed by atoms with E-state index in [9.17, 15) is 14.0 Å². The van der Waals surface area contributed by atoms with E-state index in [2.05, 4.69) is 20.2 Å². The molecule has 1 aromatic carbocycles. The number of fused-ring (bicyclic) bond motifs is 1. The SMILES string of the molecule is CCC1=Nc2ccc(CN3CC=C(c4ccc(C(=O)NC5CC5)nc4F)CC3)c(F)c2CC1=O. The van der Waals surface area contributed by atoms with E-state index in [4.69, 9.17) is 0 Å². The first kappa shape index (κ1) is 22.5. The van der Waals surface area contributed by atoms with Crippen molar-refractivity contribution in [3.8, 4) is 0 Å². The molecule has 1 aromatic heterocycles. The summed E-state index contributed by atoms with van der Waals surface area (Å²) in [5.41, 5.74) is 3.23. The van der Waals surface area contributed by atoms with Gasteiger partial charge in [-0.3, -0.25) is 14.5 Å². The van der Waals surface area contributed by atoms with E-state index in [0.29, 0.717) is 60.6 Å². The highest BCUT2D eigenvalue weighted by Gasteiger charge is 2.26. The quantitative estimate of drug-likeness (QED) is 0.652. The Balaban J connectivity index is 1.26. The van der Waals surface area contributed by atoms with Crippen LogP contribution in [0, 0.1) is 11.8 Å². The average Bonchev–Trinajstić information content (AvgIpc) is 3.65. The van der Waals surface area contributed by atoms with Crippen molar-refractivity contribution < 1.29 is 18.4 Å². The van der Waals surface area contributed by atoms with Crippen LogP contribution in [0.2, 0.25) is 0 Å². The van der Waals surface area contributed by atoms with E-state index >= 15 is 4.39 Å². The molecule has 0 radical (unpaired) electrons. The molecule has 0 saturated heterocycles. The highest BCUT2D eigenvalue weighted by Crippen LogP contribution is 2.31. The van der Waals surface area contributed by atoms with Gasteiger partial charge in [-0.15, -0.1) is 0 Å². The number of hydrogen-bond acceptors (Lipinski definition) is 5. The molecule has 8 heteroatoms. The van der Waals surface area contributed by atoms with Crippen LogP contribution in [-0.2, 0) is 17.8 Å². The van der Waals surface area contributed by atoms with Gasteiger partial charge in [0.05, 0.1) is 11.4 Å². The molecule has 0 unspecified atom stereocenters. The van der Waals surface area contributed by atoms with Gasteiger partial charge in [0, 0.05) is 48.8 Å². The molecule has 1 aliphatic carbocycles. The van der Waals surface area contributed by atoms with Gasteiger partial charge in [0.25, 0.3) is 5.91 Å². The lowest BCUT2D eigenvalue weighted by Gasteiger charge is -2.27. The summed E-state index contributed by atoms with van der Waals surface area (Å²) in [7, 11) is 0. The molecule has 6 nitrogen and oxygen atoms in total. The van der Waals surface area contributed by atoms with Gasteiger partial charge in [0.15, 0.2) is 5.78 Å². The largest absolute Gasteiger partial charge is 0.348 e. The van der Waals surface area contributed by atoms with E-state index < -0.39 is 5.95 Å². The molecule has 3 heterocycles. The lowest BCUT2D eigenvalue weighted by molar-refractivity contribution is -0.112. The molecule has 1 N–H and O–H groups in total. The second-order valence-corrected chi connectivity index (χ2v) is 9.05. The second kappa shape index (κ2) is 9.18. The fourth-order valence-corrected chi connectivity index (χ4v) is 4.43. The number of rotatable bonds is 6. The molecule has 2 aromatic rings. The van der Waals surface area contributed by atoms with Crippen LogP contribution in [0.25, 0.3) is 5.57 Å². The number of carbonyl (C=O) groups is 2. The summed E-state index contributed by atoms with van der Waals surface area (Å²) in [6.45, 7) is 3.42. The normalized spacial score (nSPS) is 18.3. The van der Waals surface area contributed by atoms with Crippen LogP contribution in [0.4, 0.5) is 14.5 Å². The lowest BCUT2D eigenvalue weighted by atomic mass is 9.96. The number of pyridine rings is 1. The minimum absolute atomic E-state index is 0.0483. The number of nitrogens with one attached hydrogen (secondary N) is 1. The Labute approximate surface area is 196 Å². The zero-order valence-electron chi connectivity index (χ0n) is 19.0. The summed E-state index contributed by atoms with van der Waals surface area (Å²) in [5.74, 6) is -1.49. The summed E-state index contributed by atoms with van der Waals surface area (Å²) < 4.78 is 29.8. The van der Waals surface area contributed by atoms with Crippen molar-refractivity contribution in [3.05, 3.63) is 64.5 Å². The van der Waals surface area contributed by atoms with Crippen molar-refractivity contribution in [2.24, 2.45) is 4.99 Å². The number of halogens is 2. The third-order valence-corrected chi connectivity index (χ3v) is 6.58. The average molecular weight is 465 g/mol. The topological polar surface area (TPSA) is 74.7 Å². The third-order valence-electron chi connectivity index (χ3n) is 6.58. The molecule has 0 atom stereocenters. The predicted octanol–water partition coefficient (Wildman–Crippen LogP) is 4.15. The Morgan fingerprint density at radius 1 is 1.21 bits per heavy atom. The van der Waals surface area contributed by atoms with Gasteiger partial charge in [-0.2, -0.15) is 4.39 Å². The Kier molecular flexibility index (Phi) is 6.08.